The number of nitrogens with two attached hydrogens (primary N) is 1. The Balaban J connectivity index is 2.37. The van der Waals surface area contributed by atoms with E-state index < -0.39 is 5.82 Å². The topological polar surface area (TPSA) is 43.8 Å². The number of nitrogen functional groups attached to an aromatic ring is 1. The molecule has 0 radical (unpaired) electrons. The van der Waals surface area contributed by atoms with Crippen molar-refractivity contribution in [2.24, 2.45) is 0 Å². The average Bonchev–Trinajstić information content (AvgIpc) is 2.70. The molecular formula is C13H6Cl4FN3. The molecule has 0 aliphatic heterocycles. The van der Waals surface area contributed by atoms with Gasteiger partial charge in [0.2, 0.25) is 5.95 Å². The van der Waals surface area contributed by atoms with Crippen LogP contribution >= 0.6 is 46.4 Å². The van der Waals surface area contributed by atoms with E-state index in [1.54, 1.807) is 6.07 Å². The van der Waals surface area contributed by atoms with Crippen LogP contribution in [0.3, 0.4) is 0 Å². The molecule has 0 atom stereocenters. The summed E-state index contributed by atoms with van der Waals surface area (Å²) < 4.78 is 15.0. The van der Waals surface area contributed by atoms with Crippen molar-refractivity contribution in [3.8, 4) is 5.69 Å². The van der Waals surface area contributed by atoms with Crippen molar-refractivity contribution in [1.29, 1.82) is 0 Å². The summed E-state index contributed by atoms with van der Waals surface area (Å²) in [4.78, 5) is 4.09. The van der Waals surface area contributed by atoms with E-state index in [4.69, 9.17) is 52.1 Å². The third-order valence-corrected chi connectivity index (χ3v) is 4.27. The largest absolute Gasteiger partial charge is 0.369 e. The first-order chi connectivity index (χ1) is 9.88. The predicted molar refractivity (Wildman–Crippen MR) is 85.5 cm³/mol. The first kappa shape index (κ1) is 14.7. The van der Waals surface area contributed by atoms with E-state index in [-0.39, 0.29) is 11.0 Å². The Labute approximate surface area is 139 Å². The maximum atomic E-state index is 13.5. The zero-order valence-electron chi connectivity index (χ0n) is 10.2. The van der Waals surface area contributed by atoms with Crippen molar-refractivity contribution in [1.82, 2.24) is 9.55 Å². The standard InChI is InChI=1S/C13H6Cl4FN3/c14-5-1-8(17)11(2-6(5)15)21-12-3-7(16)9(18)4-10(12)20-13(21)19/h1-4H,(H2,19,20). The van der Waals surface area contributed by atoms with Crippen LogP contribution in [0.2, 0.25) is 20.1 Å². The lowest BCUT2D eigenvalue weighted by Crippen LogP contribution is -2.01. The van der Waals surface area contributed by atoms with E-state index in [0.29, 0.717) is 31.8 Å². The second kappa shape index (κ2) is 5.21. The van der Waals surface area contributed by atoms with Gasteiger partial charge in [-0.1, -0.05) is 46.4 Å². The van der Waals surface area contributed by atoms with Crippen molar-refractivity contribution in [3.63, 3.8) is 0 Å². The number of imidazole rings is 1. The third kappa shape index (κ3) is 2.42. The summed E-state index contributed by atoms with van der Waals surface area (Å²) in [6, 6.07) is 5.68. The average molecular weight is 365 g/mol. The van der Waals surface area contributed by atoms with E-state index in [0.717, 1.165) is 0 Å². The molecule has 1 heterocycles. The van der Waals surface area contributed by atoms with Gasteiger partial charge in [0, 0.05) is 6.07 Å². The minimum Gasteiger partial charge on any atom is -0.369 e. The second-order valence-electron chi connectivity index (χ2n) is 4.28. The molecule has 1 aromatic heterocycles. The fourth-order valence-electron chi connectivity index (χ4n) is 2.03. The maximum absolute atomic E-state index is 13.5. The maximum Gasteiger partial charge on any atom is 0.205 e. The summed E-state index contributed by atoms with van der Waals surface area (Å²) >= 11 is 23.9. The highest BCUT2D eigenvalue weighted by molar-refractivity contribution is 6.43. The smallest absolute Gasteiger partial charge is 0.205 e. The number of hydrogen-bond acceptors (Lipinski definition) is 2. The van der Waals surface area contributed by atoms with Gasteiger partial charge in [-0.25, -0.2) is 9.37 Å². The molecule has 0 saturated carbocycles. The highest BCUT2D eigenvalue weighted by Gasteiger charge is 2.16. The van der Waals surface area contributed by atoms with E-state index in [2.05, 4.69) is 4.98 Å². The van der Waals surface area contributed by atoms with Crippen LogP contribution in [0.1, 0.15) is 0 Å². The zero-order chi connectivity index (χ0) is 15.3. The van der Waals surface area contributed by atoms with Gasteiger partial charge in [-0.2, -0.15) is 0 Å². The molecular weight excluding hydrogens is 359 g/mol. The molecule has 0 amide bonds. The van der Waals surface area contributed by atoms with E-state index in [9.17, 15) is 4.39 Å². The molecule has 3 rings (SSSR count). The fourth-order valence-corrected chi connectivity index (χ4v) is 2.81. The Morgan fingerprint density at radius 2 is 1.57 bits per heavy atom. The van der Waals surface area contributed by atoms with E-state index in [1.807, 2.05) is 0 Å². The van der Waals surface area contributed by atoms with Gasteiger partial charge in [0.1, 0.15) is 5.82 Å². The molecule has 0 aliphatic carbocycles. The van der Waals surface area contributed by atoms with E-state index >= 15 is 0 Å². The SMILES string of the molecule is Nc1nc2cc(F)c(Cl)cc2n1-c1cc(Cl)c(Cl)cc1Cl. The van der Waals surface area contributed by atoms with Gasteiger partial charge < -0.3 is 5.73 Å². The predicted octanol–water partition coefficient (Wildman–Crippen LogP) is 5.36. The van der Waals surface area contributed by atoms with Crippen LogP contribution in [-0.4, -0.2) is 9.55 Å². The first-order valence-electron chi connectivity index (χ1n) is 5.66. The number of anilines is 1. The molecule has 0 saturated heterocycles. The summed E-state index contributed by atoms with van der Waals surface area (Å²) in [6.45, 7) is 0. The number of benzene rings is 2. The summed E-state index contributed by atoms with van der Waals surface area (Å²) in [7, 11) is 0. The molecule has 8 heteroatoms. The van der Waals surface area contributed by atoms with Crippen molar-refractivity contribution in [2.45, 2.75) is 0 Å². The van der Waals surface area contributed by atoms with Gasteiger partial charge in [-0.3, -0.25) is 4.57 Å². The van der Waals surface area contributed by atoms with Gasteiger partial charge in [0.15, 0.2) is 0 Å². The normalized spacial score (nSPS) is 11.3. The highest BCUT2D eigenvalue weighted by Crippen LogP contribution is 2.35. The van der Waals surface area contributed by atoms with Crippen molar-refractivity contribution in [2.75, 3.05) is 5.73 Å². The molecule has 0 spiro atoms. The van der Waals surface area contributed by atoms with Crippen LogP contribution in [0.25, 0.3) is 16.7 Å². The molecule has 21 heavy (non-hydrogen) atoms. The number of rotatable bonds is 1. The Bertz CT molecular complexity index is 876. The quantitative estimate of drug-likeness (QED) is 0.590. The number of hydrogen-bond donors (Lipinski definition) is 1. The minimum atomic E-state index is -0.575. The number of nitrogens with zero attached hydrogens (tertiary/aromatic N) is 2. The first-order valence-corrected chi connectivity index (χ1v) is 7.17. The summed E-state index contributed by atoms with van der Waals surface area (Å²) in [5, 5.41) is 0.915. The van der Waals surface area contributed by atoms with Crippen molar-refractivity contribution >= 4 is 63.4 Å². The van der Waals surface area contributed by atoms with Gasteiger partial charge in [0.05, 0.1) is 36.8 Å². The lowest BCUT2D eigenvalue weighted by molar-refractivity contribution is 0.630. The molecule has 0 fully saturated rings. The molecule has 3 aromatic rings. The number of aromatic nitrogens is 2. The summed E-state index contributed by atoms with van der Waals surface area (Å²) in [5.41, 5.74) is 7.25. The minimum absolute atomic E-state index is 0.0418. The summed E-state index contributed by atoms with van der Waals surface area (Å²) in [5.74, 6) is -0.444. The summed E-state index contributed by atoms with van der Waals surface area (Å²) in [6.07, 6.45) is 0. The molecule has 3 nitrogen and oxygen atoms in total. The van der Waals surface area contributed by atoms with Gasteiger partial charge >= 0.3 is 0 Å². The second-order valence-corrected chi connectivity index (χ2v) is 5.91. The van der Waals surface area contributed by atoms with Crippen LogP contribution in [-0.2, 0) is 0 Å². The molecule has 2 N–H and O–H groups in total. The van der Waals surface area contributed by atoms with Crippen molar-refractivity contribution in [3.05, 3.63) is 50.2 Å². The van der Waals surface area contributed by atoms with Crippen LogP contribution in [0.5, 0.6) is 0 Å². The molecule has 0 aliphatic rings. The Kier molecular flexibility index (Phi) is 3.66. The van der Waals surface area contributed by atoms with Crippen LogP contribution < -0.4 is 5.73 Å². The Morgan fingerprint density at radius 3 is 2.29 bits per heavy atom. The number of halogens is 5. The lowest BCUT2D eigenvalue weighted by atomic mass is 10.2. The van der Waals surface area contributed by atoms with Gasteiger partial charge in [-0.15, -0.1) is 0 Å². The van der Waals surface area contributed by atoms with Crippen LogP contribution in [0.4, 0.5) is 10.3 Å². The highest BCUT2D eigenvalue weighted by atomic mass is 35.5. The number of fused-ring (bicyclic) bond motifs is 1. The van der Waals surface area contributed by atoms with Gasteiger partial charge in [0.25, 0.3) is 0 Å². The molecule has 0 bridgehead atoms. The molecule has 0 unspecified atom stereocenters. The Morgan fingerprint density at radius 1 is 0.905 bits per heavy atom. The van der Waals surface area contributed by atoms with Crippen LogP contribution in [0, 0.1) is 5.82 Å². The lowest BCUT2D eigenvalue weighted by Gasteiger charge is -2.10. The molecule has 2 aromatic carbocycles. The monoisotopic (exact) mass is 363 g/mol. The Hall–Kier alpha value is -1.20. The van der Waals surface area contributed by atoms with Crippen LogP contribution in [0.15, 0.2) is 24.3 Å². The third-order valence-electron chi connectivity index (χ3n) is 2.95. The zero-order valence-corrected chi connectivity index (χ0v) is 13.2. The van der Waals surface area contributed by atoms with E-state index in [1.165, 1.54) is 22.8 Å². The van der Waals surface area contributed by atoms with Gasteiger partial charge in [-0.05, 0) is 18.2 Å². The van der Waals surface area contributed by atoms with Crippen molar-refractivity contribution < 1.29 is 4.39 Å². The molecule has 108 valence electrons. The fraction of sp³-hybridized carbons (Fsp3) is 0.